The summed E-state index contributed by atoms with van der Waals surface area (Å²) in [7, 11) is -4.23. The number of rotatable bonds is 4. The summed E-state index contributed by atoms with van der Waals surface area (Å²) in [5, 5.41) is 0. The van der Waals surface area contributed by atoms with Crippen molar-refractivity contribution in [2.45, 2.75) is 73.9 Å². The van der Waals surface area contributed by atoms with Crippen LogP contribution in [0.5, 0.6) is 0 Å². The van der Waals surface area contributed by atoms with Crippen molar-refractivity contribution in [3.8, 4) is 0 Å². The van der Waals surface area contributed by atoms with E-state index in [1.54, 1.807) is 5.56 Å². The Balaban J connectivity index is 2.20. The molecular formula is C20H35Si4. The molecular weight excluding hydrogens is 353 g/mol. The second-order valence-electron chi connectivity index (χ2n) is 10.9. The van der Waals surface area contributed by atoms with Gasteiger partial charge in [-0.1, -0.05) is 95.3 Å². The molecule has 4 heteroatoms. The van der Waals surface area contributed by atoms with Crippen molar-refractivity contribution in [2.24, 2.45) is 0 Å². The van der Waals surface area contributed by atoms with Gasteiger partial charge in [-0.3, -0.25) is 0 Å². The summed E-state index contributed by atoms with van der Waals surface area (Å²) in [4.78, 5) is 0. The molecule has 24 heavy (non-hydrogen) atoms. The minimum Gasteiger partial charge on any atom is -0.0834 e. The molecule has 0 N–H and O–H groups in total. The Morgan fingerprint density at radius 2 is 1.29 bits per heavy atom. The first kappa shape index (κ1) is 18.6. The Labute approximate surface area is 154 Å². The van der Waals surface area contributed by atoms with E-state index in [9.17, 15) is 0 Å². The van der Waals surface area contributed by atoms with E-state index in [1.807, 2.05) is 0 Å². The lowest BCUT2D eigenvalue weighted by Gasteiger charge is -2.60. The molecule has 131 valence electrons. The van der Waals surface area contributed by atoms with Gasteiger partial charge in [-0.2, -0.15) is 0 Å². The highest BCUT2D eigenvalue weighted by molar-refractivity contribution is 7.28. The highest BCUT2D eigenvalue weighted by Gasteiger charge is 2.73. The molecule has 2 unspecified atom stereocenters. The first-order valence-corrected chi connectivity index (χ1v) is 21.6. The summed E-state index contributed by atoms with van der Waals surface area (Å²) in [5.74, 6) is 0. The molecule has 2 aliphatic rings. The van der Waals surface area contributed by atoms with Gasteiger partial charge in [0.05, 0.1) is 8.80 Å². The van der Waals surface area contributed by atoms with Crippen LogP contribution in [0.25, 0.3) is 6.08 Å². The molecule has 1 fully saturated rings. The molecule has 1 radical (unpaired) electrons. The van der Waals surface area contributed by atoms with Crippen molar-refractivity contribution < 1.29 is 0 Å². The Kier molecular flexibility index (Phi) is 4.20. The molecule has 0 saturated carbocycles. The van der Waals surface area contributed by atoms with E-state index in [0.29, 0.717) is 0 Å². The smallest absolute Gasteiger partial charge is 0.0625 e. The lowest BCUT2D eigenvalue weighted by atomic mass is 9.98. The van der Waals surface area contributed by atoms with Crippen LogP contribution in [0.15, 0.2) is 30.3 Å². The van der Waals surface area contributed by atoms with Crippen LogP contribution in [-0.2, 0) is 0 Å². The molecule has 1 aromatic carbocycles. The van der Waals surface area contributed by atoms with Crippen LogP contribution in [0.4, 0.5) is 0 Å². The van der Waals surface area contributed by atoms with Crippen LogP contribution in [0, 0.1) is 0 Å². The lowest BCUT2D eigenvalue weighted by Crippen LogP contribution is -2.69. The summed E-state index contributed by atoms with van der Waals surface area (Å²) in [6.07, 6.45) is 5.06. The number of benzene rings is 1. The monoisotopic (exact) mass is 387 g/mol. The predicted molar refractivity (Wildman–Crippen MR) is 120 cm³/mol. The first-order chi connectivity index (χ1) is 10.8. The molecule has 1 aliphatic carbocycles. The van der Waals surface area contributed by atoms with Crippen LogP contribution in [0.1, 0.15) is 16.7 Å². The number of fused-ring (bicyclic) bond motifs is 3. The average molecular weight is 388 g/mol. The average Bonchev–Trinajstić information content (AvgIpc) is 3.09. The van der Waals surface area contributed by atoms with Crippen molar-refractivity contribution in [3.63, 3.8) is 0 Å². The van der Waals surface area contributed by atoms with Crippen LogP contribution in [0.2, 0.25) is 68.4 Å². The fourth-order valence-corrected chi connectivity index (χ4v) is 50.4. The summed E-state index contributed by atoms with van der Waals surface area (Å²) in [6.45, 7) is 24.4. The first-order valence-electron chi connectivity index (χ1n) is 9.48. The van der Waals surface area contributed by atoms with E-state index in [2.05, 4.69) is 95.3 Å². The summed E-state index contributed by atoms with van der Waals surface area (Å²) in [5.41, 5.74) is 5.02. The van der Waals surface area contributed by atoms with Crippen LogP contribution >= 0.6 is 0 Å². The number of allylic oxidation sites excluding steroid dienone is 1. The molecule has 0 bridgehead atoms. The van der Waals surface area contributed by atoms with Crippen molar-refractivity contribution in [1.82, 2.24) is 0 Å². The molecule has 1 saturated heterocycles. The minimum atomic E-state index is -1.28. The number of hydrogen-bond donors (Lipinski definition) is 0. The van der Waals surface area contributed by atoms with Crippen molar-refractivity contribution in [3.05, 3.63) is 41.5 Å². The van der Waals surface area contributed by atoms with Gasteiger partial charge in [-0.05, 0) is 26.1 Å². The summed E-state index contributed by atoms with van der Waals surface area (Å²) < 4.78 is 0.773. The molecule has 0 aromatic heterocycles. The maximum absolute atomic E-state index is 2.71. The van der Waals surface area contributed by atoms with Gasteiger partial charge >= 0.3 is 0 Å². The van der Waals surface area contributed by atoms with Gasteiger partial charge in [0.2, 0.25) is 0 Å². The van der Waals surface area contributed by atoms with Crippen LogP contribution < -0.4 is 0 Å². The van der Waals surface area contributed by atoms with Crippen LogP contribution in [-0.4, -0.2) is 33.0 Å². The van der Waals surface area contributed by atoms with Crippen molar-refractivity contribution in [2.75, 3.05) is 0 Å². The molecule has 1 heterocycles. The molecule has 0 spiro atoms. The topological polar surface area (TPSA) is 0 Å². The molecule has 1 aliphatic heterocycles. The van der Waals surface area contributed by atoms with Gasteiger partial charge in [0.25, 0.3) is 0 Å². The maximum Gasteiger partial charge on any atom is 0.0625 e. The third kappa shape index (κ3) is 2.40. The molecule has 0 nitrogen and oxygen atoms in total. The molecule has 3 rings (SSSR count). The molecule has 0 amide bonds. The highest BCUT2D eigenvalue weighted by Crippen LogP contribution is 2.71. The SMILES string of the molecule is C[Si](C)(C)C([Si]1C2C=Cc3ccccc3C21)([Si](C)(C)C)[Si](C)(C)C. The van der Waals surface area contributed by atoms with E-state index in [1.165, 1.54) is 5.56 Å². The van der Waals surface area contributed by atoms with Crippen LogP contribution in [0.3, 0.4) is 0 Å². The Bertz CT molecular complexity index is 634. The van der Waals surface area contributed by atoms with Crippen molar-refractivity contribution in [1.29, 1.82) is 0 Å². The zero-order chi connectivity index (χ0) is 18.1. The number of hydrogen-bond acceptors (Lipinski definition) is 0. The van der Waals surface area contributed by atoms with Gasteiger partial charge in [-0.25, -0.2) is 0 Å². The normalized spacial score (nSPS) is 24.5. The van der Waals surface area contributed by atoms with E-state index in [4.69, 9.17) is 0 Å². The Morgan fingerprint density at radius 3 is 1.79 bits per heavy atom. The standard InChI is InChI=1S/C20H35Si4/c1-22(2,3)20(23(4,5)6,24(7,8)9)21-18-15-14-16-12-10-11-13-17(16)19(18)21/h10-15,18-19H,1-9H3. The summed E-state index contributed by atoms with van der Waals surface area (Å²) in [6, 6.07) is 9.25. The zero-order valence-electron chi connectivity index (χ0n) is 17.1. The van der Waals surface area contributed by atoms with Gasteiger partial charge < -0.3 is 0 Å². The molecule has 2 atom stereocenters. The fraction of sp³-hybridized carbons (Fsp3) is 0.600. The fourth-order valence-electron chi connectivity index (χ4n) is 7.17. The molecule has 1 aromatic rings. The largest absolute Gasteiger partial charge is 0.0834 e. The summed E-state index contributed by atoms with van der Waals surface area (Å²) >= 11 is 0. The maximum atomic E-state index is 2.71. The van der Waals surface area contributed by atoms with Crippen molar-refractivity contribution >= 4 is 39.1 Å². The zero-order valence-corrected chi connectivity index (χ0v) is 21.1. The van der Waals surface area contributed by atoms with E-state index >= 15 is 0 Å². The second-order valence-corrected chi connectivity index (χ2v) is 32.6. The Hall–Kier alpha value is -0.172. The Morgan fingerprint density at radius 1 is 0.792 bits per heavy atom. The second kappa shape index (κ2) is 5.41. The lowest BCUT2D eigenvalue weighted by molar-refractivity contribution is 1.08. The third-order valence-electron chi connectivity index (χ3n) is 6.57. The van der Waals surface area contributed by atoms with Gasteiger partial charge in [0, 0.05) is 24.2 Å². The van der Waals surface area contributed by atoms with Gasteiger partial charge in [0.1, 0.15) is 0 Å². The van der Waals surface area contributed by atoms with Gasteiger partial charge in [0.15, 0.2) is 0 Å². The highest BCUT2D eigenvalue weighted by atomic mass is 28.5. The third-order valence-corrected chi connectivity index (χ3v) is 39.2. The quantitative estimate of drug-likeness (QED) is 0.511. The van der Waals surface area contributed by atoms with E-state index in [-0.39, 0.29) is 8.80 Å². The van der Waals surface area contributed by atoms with E-state index < -0.39 is 24.2 Å². The minimum absolute atomic E-state index is 0.384. The van der Waals surface area contributed by atoms with Gasteiger partial charge in [-0.15, -0.1) is 0 Å². The van der Waals surface area contributed by atoms with E-state index in [0.717, 1.165) is 15.0 Å². The predicted octanol–water partition coefficient (Wildman–Crippen LogP) is 6.59.